The van der Waals surface area contributed by atoms with Gasteiger partial charge in [0.1, 0.15) is 11.3 Å². The molecule has 2 N–H and O–H groups in total. The lowest BCUT2D eigenvalue weighted by Gasteiger charge is -2.30. The molecule has 1 aromatic carbocycles. The lowest BCUT2D eigenvalue weighted by atomic mass is 9.90. The molecule has 5 nitrogen and oxygen atoms in total. The monoisotopic (exact) mass is 265 g/mol. The summed E-state index contributed by atoms with van der Waals surface area (Å²) in [7, 11) is 1.60. The number of carbonyl (C=O) groups is 1. The topological polar surface area (TPSA) is 67.8 Å². The maximum Gasteiger partial charge on any atom is 0.329 e. The molecule has 0 bridgehead atoms. The Morgan fingerprint density at radius 3 is 2.68 bits per heavy atom. The van der Waals surface area contributed by atoms with Gasteiger partial charge in [0, 0.05) is 25.3 Å². The molecular weight excluding hydrogens is 246 g/mol. The van der Waals surface area contributed by atoms with Crippen LogP contribution in [0.2, 0.25) is 0 Å². The summed E-state index contributed by atoms with van der Waals surface area (Å²) in [5.41, 5.74) is -0.157. The van der Waals surface area contributed by atoms with Crippen LogP contribution in [-0.4, -0.2) is 36.9 Å². The van der Waals surface area contributed by atoms with E-state index in [2.05, 4.69) is 5.32 Å². The molecule has 1 atom stereocenters. The highest BCUT2D eigenvalue weighted by molar-refractivity contribution is 5.82. The third-order valence-corrected chi connectivity index (χ3v) is 3.45. The lowest BCUT2D eigenvalue weighted by Crippen LogP contribution is -2.46. The summed E-state index contributed by atoms with van der Waals surface area (Å²) >= 11 is 0. The Balaban J connectivity index is 2.17. The van der Waals surface area contributed by atoms with E-state index in [1.807, 2.05) is 24.3 Å². The molecule has 19 heavy (non-hydrogen) atoms. The van der Waals surface area contributed by atoms with Crippen molar-refractivity contribution in [3.05, 3.63) is 24.3 Å². The Hall–Kier alpha value is -1.75. The third kappa shape index (κ3) is 3.17. The molecule has 0 saturated carbocycles. The van der Waals surface area contributed by atoms with Crippen molar-refractivity contribution in [2.45, 2.75) is 24.8 Å². The van der Waals surface area contributed by atoms with Crippen LogP contribution in [0.3, 0.4) is 0 Å². The van der Waals surface area contributed by atoms with Crippen molar-refractivity contribution >= 4 is 11.7 Å². The van der Waals surface area contributed by atoms with Gasteiger partial charge < -0.3 is 19.9 Å². The number of methoxy groups -OCH3 is 1. The summed E-state index contributed by atoms with van der Waals surface area (Å²) in [5.74, 6) is -0.0760. The van der Waals surface area contributed by atoms with Gasteiger partial charge >= 0.3 is 5.97 Å². The Kier molecular flexibility index (Phi) is 4.27. The van der Waals surface area contributed by atoms with Gasteiger partial charge in [0.15, 0.2) is 0 Å². The van der Waals surface area contributed by atoms with Crippen LogP contribution in [0.5, 0.6) is 5.75 Å². The van der Waals surface area contributed by atoms with Crippen molar-refractivity contribution < 1.29 is 19.4 Å². The van der Waals surface area contributed by atoms with Crippen molar-refractivity contribution in [1.29, 1.82) is 0 Å². The fraction of sp³-hybridized carbons (Fsp3) is 0.500. The van der Waals surface area contributed by atoms with Crippen LogP contribution < -0.4 is 10.1 Å². The molecule has 0 amide bonds. The van der Waals surface area contributed by atoms with Crippen LogP contribution >= 0.6 is 0 Å². The van der Waals surface area contributed by atoms with Crippen molar-refractivity contribution in [2.75, 3.05) is 25.6 Å². The first-order chi connectivity index (χ1) is 9.16. The van der Waals surface area contributed by atoms with Crippen LogP contribution in [0.1, 0.15) is 19.3 Å². The van der Waals surface area contributed by atoms with Gasteiger partial charge in [-0.3, -0.25) is 0 Å². The van der Waals surface area contributed by atoms with Gasteiger partial charge in [-0.15, -0.1) is 0 Å². The molecule has 5 heteroatoms. The smallest absolute Gasteiger partial charge is 0.329 e. The van der Waals surface area contributed by atoms with Gasteiger partial charge in [0.2, 0.25) is 0 Å². The first-order valence-corrected chi connectivity index (χ1v) is 6.40. The summed E-state index contributed by atoms with van der Waals surface area (Å²) in [6.45, 7) is 1.09. The van der Waals surface area contributed by atoms with Gasteiger partial charge in [-0.1, -0.05) is 0 Å². The van der Waals surface area contributed by atoms with E-state index < -0.39 is 11.5 Å². The quantitative estimate of drug-likeness (QED) is 0.873. The molecule has 1 aliphatic heterocycles. The summed E-state index contributed by atoms with van der Waals surface area (Å²) < 4.78 is 10.4. The number of ether oxygens (including phenoxy) is 2. The third-order valence-electron chi connectivity index (χ3n) is 3.45. The number of aliphatic carboxylic acids is 1. The van der Waals surface area contributed by atoms with Gasteiger partial charge in [-0.2, -0.15) is 0 Å². The normalized spacial score (nSPS) is 23.4. The zero-order chi connectivity index (χ0) is 13.7. The first kappa shape index (κ1) is 13.7. The van der Waals surface area contributed by atoms with Gasteiger partial charge in [-0.05, 0) is 37.1 Å². The Morgan fingerprint density at radius 1 is 1.32 bits per heavy atom. The van der Waals surface area contributed by atoms with E-state index in [0.717, 1.165) is 17.9 Å². The molecule has 1 unspecified atom stereocenters. The molecule has 1 aromatic rings. The molecule has 0 aliphatic carbocycles. The average molecular weight is 265 g/mol. The number of carboxylic acid groups (broad SMARTS) is 1. The molecule has 1 aliphatic rings. The zero-order valence-corrected chi connectivity index (χ0v) is 11.0. The number of hydrogen-bond acceptors (Lipinski definition) is 4. The van der Waals surface area contributed by atoms with E-state index in [1.165, 1.54) is 0 Å². The van der Waals surface area contributed by atoms with Crippen LogP contribution in [0.4, 0.5) is 5.69 Å². The maximum absolute atomic E-state index is 11.6. The predicted molar refractivity (Wildman–Crippen MR) is 71.7 cm³/mol. The predicted octanol–water partition coefficient (Wildman–Crippen LogP) is 2.13. The van der Waals surface area contributed by atoms with Crippen molar-refractivity contribution in [3.8, 4) is 5.75 Å². The minimum atomic E-state index is -0.939. The molecule has 0 spiro atoms. The molecular formula is C14H19NO4. The number of nitrogens with one attached hydrogen (secondary N) is 1. The van der Waals surface area contributed by atoms with Crippen LogP contribution in [0.25, 0.3) is 0 Å². The highest BCUT2D eigenvalue weighted by atomic mass is 16.5. The summed E-state index contributed by atoms with van der Waals surface area (Å²) in [6, 6.07) is 7.28. The molecule has 104 valence electrons. The molecule has 0 radical (unpaired) electrons. The first-order valence-electron chi connectivity index (χ1n) is 6.40. The number of benzene rings is 1. The number of hydrogen-bond donors (Lipinski definition) is 2. The van der Waals surface area contributed by atoms with Gasteiger partial charge in [-0.25, -0.2) is 4.79 Å². The fourth-order valence-corrected chi connectivity index (χ4v) is 2.29. The summed E-state index contributed by atoms with van der Waals surface area (Å²) in [6.07, 6.45) is 1.78. The average Bonchev–Trinajstić information content (AvgIpc) is 2.66. The highest BCUT2D eigenvalue weighted by Crippen LogP contribution is 2.27. The molecule has 1 heterocycles. The van der Waals surface area contributed by atoms with Crippen LogP contribution in [0.15, 0.2) is 24.3 Å². The standard InChI is InChI=1S/C14H19NO4/c1-18-12-5-3-11(4-6-12)15-14(13(16)17)7-2-9-19-10-8-14/h3-6,15H,2,7-10H2,1H3,(H,16,17). The summed E-state index contributed by atoms with van der Waals surface area (Å²) in [4.78, 5) is 11.6. The molecule has 0 aromatic heterocycles. The SMILES string of the molecule is COc1ccc(NC2(C(=O)O)CCCOCC2)cc1. The van der Waals surface area contributed by atoms with Crippen molar-refractivity contribution in [3.63, 3.8) is 0 Å². The second-order valence-corrected chi connectivity index (χ2v) is 4.71. The Bertz CT molecular complexity index is 422. The summed E-state index contributed by atoms with van der Waals surface area (Å²) in [5, 5.41) is 12.7. The molecule has 1 saturated heterocycles. The van der Waals surface area contributed by atoms with E-state index >= 15 is 0 Å². The Morgan fingerprint density at radius 2 is 2.05 bits per heavy atom. The number of anilines is 1. The molecule has 1 fully saturated rings. The van der Waals surface area contributed by atoms with E-state index in [9.17, 15) is 9.90 Å². The van der Waals surface area contributed by atoms with Crippen LogP contribution in [0, 0.1) is 0 Å². The van der Waals surface area contributed by atoms with Gasteiger partial charge in [0.25, 0.3) is 0 Å². The Labute approximate surface area is 112 Å². The fourth-order valence-electron chi connectivity index (χ4n) is 2.29. The number of rotatable bonds is 4. The minimum Gasteiger partial charge on any atom is -0.497 e. The highest BCUT2D eigenvalue weighted by Gasteiger charge is 2.38. The van der Waals surface area contributed by atoms with Crippen LogP contribution in [-0.2, 0) is 9.53 Å². The zero-order valence-electron chi connectivity index (χ0n) is 11.0. The lowest BCUT2D eigenvalue weighted by molar-refractivity contribution is -0.142. The molecule has 2 rings (SSSR count). The van der Waals surface area contributed by atoms with E-state index in [0.29, 0.717) is 26.1 Å². The van der Waals surface area contributed by atoms with Gasteiger partial charge in [0.05, 0.1) is 7.11 Å². The largest absolute Gasteiger partial charge is 0.497 e. The van der Waals surface area contributed by atoms with Crippen molar-refractivity contribution in [2.24, 2.45) is 0 Å². The minimum absolute atomic E-state index is 0.467. The second-order valence-electron chi connectivity index (χ2n) is 4.71. The maximum atomic E-state index is 11.6. The van der Waals surface area contributed by atoms with E-state index in [4.69, 9.17) is 9.47 Å². The van der Waals surface area contributed by atoms with E-state index in [-0.39, 0.29) is 0 Å². The van der Waals surface area contributed by atoms with Crippen molar-refractivity contribution in [1.82, 2.24) is 0 Å². The number of carboxylic acids is 1. The van der Waals surface area contributed by atoms with E-state index in [1.54, 1.807) is 7.11 Å². The second kappa shape index (κ2) is 5.93.